The third-order valence-corrected chi connectivity index (χ3v) is 8.17. The summed E-state index contributed by atoms with van der Waals surface area (Å²) in [4.78, 5) is 27.6. The molecule has 1 saturated heterocycles. The van der Waals surface area contributed by atoms with E-state index in [0.717, 1.165) is 46.7 Å². The summed E-state index contributed by atoms with van der Waals surface area (Å²) >= 11 is 0. The number of benzene rings is 3. The topological polar surface area (TPSA) is 77.1 Å². The van der Waals surface area contributed by atoms with Gasteiger partial charge in [0.2, 0.25) is 17.6 Å². The Balaban J connectivity index is 1.35. The van der Waals surface area contributed by atoms with E-state index in [9.17, 15) is 9.59 Å². The SMILES string of the molecule is CNC(=O)C1CN(C(=O)Cc2ccc3cc(-c4cc(OC)c(OC)c(OC)c4)ccc3c2)CC12CCC2. The Bertz CT molecular complexity index is 1320. The highest BCUT2D eigenvalue weighted by Gasteiger charge is 2.53. The number of carbonyl (C=O) groups excluding carboxylic acids is 2. The van der Waals surface area contributed by atoms with Crippen LogP contribution in [0.3, 0.4) is 0 Å². The Morgan fingerprint density at radius 1 is 0.919 bits per heavy atom. The third-order valence-electron chi connectivity index (χ3n) is 8.17. The number of hydrogen-bond acceptors (Lipinski definition) is 5. The van der Waals surface area contributed by atoms with Gasteiger partial charge in [-0.05, 0) is 58.5 Å². The molecule has 1 aliphatic carbocycles. The van der Waals surface area contributed by atoms with Crippen LogP contribution in [0.5, 0.6) is 17.2 Å². The Morgan fingerprint density at radius 2 is 1.59 bits per heavy atom. The van der Waals surface area contributed by atoms with E-state index in [2.05, 4.69) is 35.6 Å². The maximum Gasteiger partial charge on any atom is 0.227 e. The number of carbonyl (C=O) groups is 2. The normalized spacial score (nSPS) is 17.9. The Hall–Kier alpha value is -3.74. The average Bonchev–Trinajstić information content (AvgIpc) is 3.33. The van der Waals surface area contributed by atoms with Crippen molar-refractivity contribution in [3.63, 3.8) is 0 Å². The lowest BCUT2D eigenvalue weighted by atomic mass is 9.62. The molecular weight excluding hydrogens is 468 g/mol. The van der Waals surface area contributed by atoms with Gasteiger partial charge in [-0.15, -0.1) is 0 Å². The first-order chi connectivity index (χ1) is 17.9. The van der Waals surface area contributed by atoms with Crippen LogP contribution in [0.4, 0.5) is 0 Å². The van der Waals surface area contributed by atoms with Crippen molar-refractivity contribution in [3.8, 4) is 28.4 Å². The summed E-state index contributed by atoms with van der Waals surface area (Å²) in [7, 11) is 6.49. The second kappa shape index (κ2) is 9.96. The number of nitrogens with one attached hydrogen (secondary N) is 1. The highest BCUT2D eigenvalue weighted by Crippen LogP contribution is 2.51. The molecule has 3 aromatic rings. The zero-order valence-corrected chi connectivity index (χ0v) is 21.9. The fourth-order valence-corrected chi connectivity index (χ4v) is 5.95. The first kappa shape index (κ1) is 24.9. The number of ether oxygens (including phenoxy) is 3. The molecule has 1 spiro atoms. The molecule has 1 heterocycles. The largest absolute Gasteiger partial charge is 0.493 e. The zero-order chi connectivity index (χ0) is 26.2. The number of methoxy groups -OCH3 is 3. The molecule has 5 rings (SSSR count). The Kier molecular flexibility index (Phi) is 6.71. The highest BCUT2D eigenvalue weighted by molar-refractivity contribution is 5.90. The number of likely N-dealkylation sites (tertiary alicyclic amines) is 1. The van der Waals surface area contributed by atoms with Crippen molar-refractivity contribution in [2.45, 2.75) is 25.7 Å². The molecule has 194 valence electrons. The van der Waals surface area contributed by atoms with Gasteiger partial charge in [-0.2, -0.15) is 0 Å². The molecule has 0 radical (unpaired) electrons. The van der Waals surface area contributed by atoms with Crippen molar-refractivity contribution in [3.05, 3.63) is 54.1 Å². The molecule has 1 N–H and O–H groups in total. The van der Waals surface area contributed by atoms with Crippen LogP contribution in [0.15, 0.2) is 48.5 Å². The quantitative estimate of drug-likeness (QED) is 0.517. The van der Waals surface area contributed by atoms with Crippen LogP contribution < -0.4 is 19.5 Å². The summed E-state index contributed by atoms with van der Waals surface area (Å²) < 4.78 is 16.5. The van der Waals surface area contributed by atoms with Crippen molar-refractivity contribution in [1.29, 1.82) is 0 Å². The van der Waals surface area contributed by atoms with E-state index in [0.29, 0.717) is 36.8 Å². The van der Waals surface area contributed by atoms with Crippen LogP contribution in [0.25, 0.3) is 21.9 Å². The first-order valence-corrected chi connectivity index (χ1v) is 12.7. The number of fused-ring (bicyclic) bond motifs is 1. The molecule has 1 aliphatic heterocycles. The molecule has 2 aliphatic rings. The maximum absolute atomic E-state index is 13.2. The molecule has 7 nitrogen and oxygen atoms in total. The summed E-state index contributed by atoms with van der Waals surface area (Å²) in [6.07, 6.45) is 3.53. The molecule has 1 atom stereocenters. The molecule has 37 heavy (non-hydrogen) atoms. The second-order valence-corrected chi connectivity index (χ2v) is 10.1. The van der Waals surface area contributed by atoms with E-state index in [1.807, 2.05) is 23.1 Å². The maximum atomic E-state index is 13.2. The lowest BCUT2D eigenvalue weighted by Crippen LogP contribution is -2.44. The van der Waals surface area contributed by atoms with E-state index in [1.165, 1.54) is 0 Å². The van der Waals surface area contributed by atoms with Gasteiger partial charge in [0, 0.05) is 25.6 Å². The molecule has 0 aromatic heterocycles. The van der Waals surface area contributed by atoms with Crippen molar-refractivity contribution in [2.75, 3.05) is 41.5 Å². The van der Waals surface area contributed by atoms with Gasteiger partial charge >= 0.3 is 0 Å². The summed E-state index contributed by atoms with van der Waals surface area (Å²) in [6.45, 7) is 1.21. The van der Waals surface area contributed by atoms with Crippen LogP contribution in [-0.4, -0.2) is 58.2 Å². The van der Waals surface area contributed by atoms with Gasteiger partial charge in [-0.1, -0.05) is 36.8 Å². The molecular formula is C30H34N2O5. The smallest absolute Gasteiger partial charge is 0.227 e. The predicted octanol–water partition coefficient (Wildman–Crippen LogP) is 4.45. The van der Waals surface area contributed by atoms with Crippen molar-refractivity contribution >= 4 is 22.6 Å². The summed E-state index contributed by atoms with van der Waals surface area (Å²) in [5, 5.41) is 4.95. The lowest BCUT2D eigenvalue weighted by molar-refractivity contribution is -0.130. The van der Waals surface area contributed by atoms with Gasteiger partial charge in [-0.25, -0.2) is 0 Å². The molecule has 3 aromatic carbocycles. The van der Waals surface area contributed by atoms with E-state index in [4.69, 9.17) is 14.2 Å². The minimum atomic E-state index is -0.0968. The van der Waals surface area contributed by atoms with E-state index >= 15 is 0 Å². The monoisotopic (exact) mass is 502 g/mol. The molecule has 7 heteroatoms. The third kappa shape index (κ3) is 4.47. The van der Waals surface area contributed by atoms with E-state index in [1.54, 1.807) is 28.4 Å². The van der Waals surface area contributed by atoms with Gasteiger partial charge in [0.05, 0.1) is 33.7 Å². The van der Waals surface area contributed by atoms with Gasteiger partial charge in [0.25, 0.3) is 0 Å². The zero-order valence-electron chi connectivity index (χ0n) is 21.9. The predicted molar refractivity (Wildman–Crippen MR) is 143 cm³/mol. The van der Waals surface area contributed by atoms with Crippen LogP contribution in [-0.2, 0) is 16.0 Å². The second-order valence-electron chi connectivity index (χ2n) is 10.1. The van der Waals surface area contributed by atoms with Gasteiger partial charge in [-0.3, -0.25) is 9.59 Å². The summed E-state index contributed by atoms with van der Waals surface area (Å²) in [6, 6.07) is 16.3. The highest BCUT2D eigenvalue weighted by atomic mass is 16.5. The van der Waals surface area contributed by atoms with Crippen LogP contribution in [0, 0.1) is 11.3 Å². The fraction of sp³-hybridized carbons (Fsp3) is 0.400. The van der Waals surface area contributed by atoms with Crippen LogP contribution in [0.1, 0.15) is 24.8 Å². The fourth-order valence-electron chi connectivity index (χ4n) is 5.95. The lowest BCUT2D eigenvalue weighted by Gasteiger charge is -2.41. The van der Waals surface area contributed by atoms with E-state index in [-0.39, 0.29) is 23.1 Å². The first-order valence-electron chi connectivity index (χ1n) is 12.7. The summed E-state index contributed by atoms with van der Waals surface area (Å²) in [5.41, 5.74) is 2.94. The van der Waals surface area contributed by atoms with Crippen molar-refractivity contribution in [2.24, 2.45) is 11.3 Å². The average molecular weight is 503 g/mol. The van der Waals surface area contributed by atoms with Crippen molar-refractivity contribution in [1.82, 2.24) is 10.2 Å². The minimum Gasteiger partial charge on any atom is -0.493 e. The van der Waals surface area contributed by atoms with Crippen LogP contribution >= 0.6 is 0 Å². The number of nitrogens with zero attached hydrogens (tertiary/aromatic N) is 1. The number of amides is 2. The summed E-state index contributed by atoms with van der Waals surface area (Å²) in [5.74, 6) is 1.83. The van der Waals surface area contributed by atoms with E-state index < -0.39 is 0 Å². The number of rotatable bonds is 7. The molecule has 1 unspecified atom stereocenters. The molecule has 0 bridgehead atoms. The van der Waals surface area contributed by atoms with Gasteiger partial charge < -0.3 is 24.4 Å². The minimum absolute atomic E-state index is 0.0254. The molecule has 2 fully saturated rings. The molecule has 1 saturated carbocycles. The number of hydrogen-bond donors (Lipinski definition) is 1. The molecule has 2 amide bonds. The van der Waals surface area contributed by atoms with Gasteiger partial charge in [0.15, 0.2) is 11.5 Å². The Morgan fingerprint density at radius 3 is 2.19 bits per heavy atom. The van der Waals surface area contributed by atoms with Crippen molar-refractivity contribution < 1.29 is 23.8 Å². The van der Waals surface area contributed by atoms with Gasteiger partial charge in [0.1, 0.15) is 0 Å². The standard InChI is InChI=1S/C30H34N2O5/c1-31-29(34)24-17-32(18-30(24)10-5-11-30)27(33)13-19-6-7-21-14-22(9-8-20(21)12-19)23-15-25(35-2)28(37-4)26(16-23)36-3/h6-9,12,14-16,24H,5,10-11,13,17-18H2,1-4H3,(H,31,34). The van der Waals surface area contributed by atoms with Crippen LogP contribution in [0.2, 0.25) is 0 Å². The Labute approximate surface area is 217 Å².